The fraction of sp³-hybridized carbons (Fsp3) is 0.636. The van der Waals surface area contributed by atoms with E-state index in [1.807, 2.05) is 30.3 Å². The summed E-state index contributed by atoms with van der Waals surface area (Å²) in [6.07, 6.45) is 12.1. The number of carbonyl (C=O) groups excluding carboxylic acids is 2. The Labute approximate surface area is 227 Å². The molecule has 204 valence electrons. The molecule has 5 rings (SSSR count). The Morgan fingerprint density at radius 2 is 1.66 bits per heavy atom. The summed E-state index contributed by atoms with van der Waals surface area (Å²) >= 11 is 0. The molecule has 1 aromatic carbocycles. The van der Waals surface area contributed by atoms with Gasteiger partial charge in [-0.3, -0.25) is 4.79 Å². The fourth-order valence-electron chi connectivity index (χ4n) is 9.64. The van der Waals surface area contributed by atoms with Gasteiger partial charge >= 0.3 is 11.9 Å². The molecule has 5 heteroatoms. The Morgan fingerprint density at radius 1 is 0.921 bits per heavy atom. The van der Waals surface area contributed by atoms with Crippen molar-refractivity contribution in [2.24, 2.45) is 33.5 Å². The van der Waals surface area contributed by atoms with E-state index in [9.17, 15) is 9.59 Å². The monoisotopic (exact) mass is 518 g/mol. The quantitative estimate of drug-likeness (QED) is 0.198. The lowest BCUT2D eigenvalue weighted by Crippen LogP contribution is -2.58. The number of methoxy groups -OCH3 is 2. The second kappa shape index (κ2) is 9.47. The maximum atomic E-state index is 13.1. The first-order valence-electron chi connectivity index (χ1n) is 14.2. The molecule has 7 atom stereocenters. The van der Waals surface area contributed by atoms with Gasteiger partial charge in [0.05, 0.1) is 32.0 Å². The Morgan fingerprint density at radius 3 is 2.37 bits per heavy atom. The number of esters is 2. The second-order valence-corrected chi connectivity index (χ2v) is 13.1. The zero-order valence-corrected chi connectivity index (χ0v) is 23.6. The number of hydrogen-bond acceptors (Lipinski definition) is 5. The maximum absolute atomic E-state index is 13.1. The summed E-state index contributed by atoms with van der Waals surface area (Å²) in [5, 5.41) is 0. The molecule has 0 heterocycles. The standard InChI is InChI=1S/C33H42O5/c1-29-18-13-26-30(2)16-9-17-31(3,28(35)37-5)25(30)14-19-32(26,22-29)23-33(29,38-21-15-27(34)36-4)20-12-24-10-7-6-8-11-24/h6-8,10-11,15,21,25-26H,9,13-14,16-19,22-23H2,1-5H3/b21-15+/t25?,26?,29-,30+,31+,32+,33?/m0/s1. The molecule has 4 fully saturated rings. The van der Waals surface area contributed by atoms with E-state index in [1.165, 1.54) is 26.6 Å². The first-order chi connectivity index (χ1) is 18.1. The zero-order chi connectivity index (χ0) is 27.2. The molecule has 5 nitrogen and oxygen atoms in total. The van der Waals surface area contributed by atoms with Crippen LogP contribution in [0.3, 0.4) is 0 Å². The molecule has 0 amide bonds. The van der Waals surface area contributed by atoms with Crippen molar-refractivity contribution in [3.63, 3.8) is 0 Å². The number of fused-ring (bicyclic) bond motifs is 3. The molecular formula is C33H42O5. The molecule has 0 saturated heterocycles. The van der Waals surface area contributed by atoms with Crippen LogP contribution in [0.15, 0.2) is 42.7 Å². The predicted molar refractivity (Wildman–Crippen MR) is 146 cm³/mol. The van der Waals surface area contributed by atoms with Crippen molar-refractivity contribution in [2.45, 2.75) is 84.2 Å². The van der Waals surface area contributed by atoms with Crippen LogP contribution in [0, 0.1) is 45.3 Å². The van der Waals surface area contributed by atoms with E-state index in [1.54, 1.807) is 0 Å². The Kier molecular flexibility index (Phi) is 6.69. The highest BCUT2D eigenvalue weighted by Crippen LogP contribution is 2.76. The third kappa shape index (κ3) is 3.98. The first kappa shape index (κ1) is 26.9. The van der Waals surface area contributed by atoms with Crippen LogP contribution in [-0.2, 0) is 23.8 Å². The van der Waals surface area contributed by atoms with E-state index in [0.29, 0.717) is 11.8 Å². The highest BCUT2D eigenvalue weighted by Gasteiger charge is 2.72. The molecule has 0 N–H and O–H groups in total. The lowest BCUT2D eigenvalue weighted by molar-refractivity contribution is -0.185. The third-order valence-electron chi connectivity index (χ3n) is 11.3. The fourth-order valence-corrected chi connectivity index (χ4v) is 9.64. The van der Waals surface area contributed by atoms with Gasteiger partial charge in [0.15, 0.2) is 5.60 Å². The molecule has 1 spiro atoms. The van der Waals surface area contributed by atoms with Crippen LogP contribution < -0.4 is 0 Å². The van der Waals surface area contributed by atoms with Crippen LogP contribution in [0.5, 0.6) is 0 Å². The van der Waals surface area contributed by atoms with E-state index in [0.717, 1.165) is 63.4 Å². The summed E-state index contributed by atoms with van der Waals surface area (Å²) in [6, 6.07) is 10.0. The highest BCUT2D eigenvalue weighted by atomic mass is 16.5. The number of benzene rings is 1. The smallest absolute Gasteiger partial charge is 0.333 e. The number of ether oxygens (including phenoxy) is 3. The van der Waals surface area contributed by atoms with Crippen molar-refractivity contribution < 1.29 is 23.8 Å². The number of rotatable bonds is 4. The molecule has 38 heavy (non-hydrogen) atoms. The molecule has 0 aromatic heterocycles. The lowest BCUT2D eigenvalue weighted by atomic mass is 9.40. The average Bonchev–Trinajstić information content (AvgIpc) is 3.08. The van der Waals surface area contributed by atoms with E-state index >= 15 is 0 Å². The van der Waals surface area contributed by atoms with Crippen LogP contribution in [0.25, 0.3) is 0 Å². The minimum absolute atomic E-state index is 0.0456. The van der Waals surface area contributed by atoms with Gasteiger partial charge in [-0.1, -0.05) is 44.4 Å². The van der Waals surface area contributed by atoms with Crippen LogP contribution in [0.2, 0.25) is 0 Å². The van der Waals surface area contributed by atoms with Crippen molar-refractivity contribution in [1.29, 1.82) is 0 Å². The molecule has 4 aliphatic carbocycles. The van der Waals surface area contributed by atoms with Crippen molar-refractivity contribution in [3.05, 3.63) is 48.2 Å². The molecule has 4 aliphatic rings. The van der Waals surface area contributed by atoms with Crippen molar-refractivity contribution in [2.75, 3.05) is 14.2 Å². The third-order valence-corrected chi connectivity index (χ3v) is 11.3. The Hall–Kier alpha value is -2.74. The van der Waals surface area contributed by atoms with Gasteiger partial charge in [0, 0.05) is 17.4 Å². The lowest BCUT2D eigenvalue weighted by Gasteiger charge is -2.63. The summed E-state index contributed by atoms with van der Waals surface area (Å²) in [7, 11) is 2.91. The topological polar surface area (TPSA) is 61.8 Å². The van der Waals surface area contributed by atoms with Crippen molar-refractivity contribution in [3.8, 4) is 11.8 Å². The van der Waals surface area contributed by atoms with Crippen LogP contribution in [0.1, 0.15) is 84.1 Å². The van der Waals surface area contributed by atoms with Gasteiger partial charge in [0.25, 0.3) is 0 Å². The molecule has 1 aromatic rings. The summed E-state index contributed by atoms with van der Waals surface area (Å²) in [5.41, 5.74) is -0.140. The molecule has 3 unspecified atom stereocenters. The summed E-state index contributed by atoms with van der Waals surface area (Å²) in [4.78, 5) is 25.0. The predicted octanol–water partition coefficient (Wildman–Crippen LogP) is 6.46. The number of hydrogen-bond donors (Lipinski definition) is 0. The molecule has 0 aliphatic heterocycles. The molecular weight excluding hydrogens is 476 g/mol. The van der Waals surface area contributed by atoms with E-state index in [2.05, 4.69) is 32.6 Å². The van der Waals surface area contributed by atoms with Gasteiger partial charge in [0.1, 0.15) is 0 Å². The van der Waals surface area contributed by atoms with Gasteiger partial charge in [-0.05, 0) is 92.6 Å². The van der Waals surface area contributed by atoms with Crippen molar-refractivity contribution in [1.82, 2.24) is 0 Å². The van der Waals surface area contributed by atoms with E-state index in [4.69, 9.17) is 14.2 Å². The average molecular weight is 519 g/mol. The molecule has 0 radical (unpaired) electrons. The van der Waals surface area contributed by atoms with Gasteiger partial charge in [-0.25, -0.2) is 4.79 Å². The van der Waals surface area contributed by atoms with Gasteiger partial charge in [-0.2, -0.15) is 0 Å². The van der Waals surface area contributed by atoms with Crippen molar-refractivity contribution >= 4 is 11.9 Å². The highest BCUT2D eigenvalue weighted by molar-refractivity contribution is 5.81. The molecule has 2 bridgehead atoms. The van der Waals surface area contributed by atoms with Gasteiger partial charge < -0.3 is 14.2 Å². The Balaban J connectivity index is 1.54. The normalized spacial score (nSPS) is 41.3. The van der Waals surface area contributed by atoms with E-state index in [-0.39, 0.29) is 22.2 Å². The van der Waals surface area contributed by atoms with Crippen LogP contribution >= 0.6 is 0 Å². The number of carbonyl (C=O) groups is 2. The summed E-state index contributed by atoms with van der Waals surface area (Å²) in [5.74, 6) is 7.39. The second-order valence-electron chi connectivity index (χ2n) is 13.1. The first-order valence-corrected chi connectivity index (χ1v) is 14.2. The zero-order valence-electron chi connectivity index (χ0n) is 23.6. The summed E-state index contributed by atoms with van der Waals surface area (Å²) in [6.45, 7) is 6.94. The van der Waals surface area contributed by atoms with E-state index < -0.39 is 17.0 Å². The largest absolute Gasteiger partial charge is 0.481 e. The Bertz CT molecular complexity index is 1180. The molecule has 4 saturated carbocycles. The maximum Gasteiger partial charge on any atom is 0.333 e. The summed E-state index contributed by atoms with van der Waals surface area (Å²) < 4.78 is 16.8. The van der Waals surface area contributed by atoms with Crippen LogP contribution in [0.4, 0.5) is 0 Å². The van der Waals surface area contributed by atoms with Crippen LogP contribution in [-0.4, -0.2) is 31.8 Å². The minimum atomic E-state index is -0.703. The van der Waals surface area contributed by atoms with Gasteiger partial charge in [0.2, 0.25) is 0 Å². The van der Waals surface area contributed by atoms with Gasteiger partial charge in [-0.15, -0.1) is 0 Å². The minimum Gasteiger partial charge on any atom is -0.481 e. The SMILES string of the molecule is COC(=O)/C=C/OC1(C#Cc2ccccc2)C[C@]23CCC4[C@@](C)(CCC[C@@]4(C)C(=O)OC)C2CC[C@@]1(C)C3.